The lowest BCUT2D eigenvalue weighted by atomic mass is 10.1. The summed E-state index contributed by atoms with van der Waals surface area (Å²) >= 11 is 6.37. The molecule has 1 N–H and O–H groups in total. The van der Waals surface area contributed by atoms with Crippen molar-refractivity contribution in [1.29, 1.82) is 0 Å². The molecule has 0 bridgehead atoms. The largest absolute Gasteiger partial charge is 0.389 e. The van der Waals surface area contributed by atoms with Crippen LogP contribution < -0.4 is 4.90 Å². The lowest BCUT2D eigenvalue weighted by molar-refractivity contribution is 0.199. The monoisotopic (exact) mass is 283 g/mol. The molecule has 0 saturated carbocycles. The minimum Gasteiger partial charge on any atom is -0.389 e. The predicted octanol–water partition coefficient (Wildman–Crippen LogP) is 4.80. The lowest BCUT2D eigenvalue weighted by Gasteiger charge is -2.30. The molecule has 0 spiro atoms. The van der Waals surface area contributed by atoms with Crippen molar-refractivity contribution in [3.8, 4) is 0 Å². The van der Waals surface area contributed by atoms with Crippen LogP contribution in [-0.4, -0.2) is 17.7 Å². The van der Waals surface area contributed by atoms with Gasteiger partial charge < -0.3 is 10.0 Å². The first-order chi connectivity index (χ1) is 8.97. The highest BCUT2D eigenvalue weighted by molar-refractivity contribution is 6.33. The number of rotatable bonds is 7. The number of benzene rings is 1. The molecule has 0 aliphatic rings. The summed E-state index contributed by atoms with van der Waals surface area (Å²) in [6, 6.07) is 6.28. The van der Waals surface area contributed by atoms with Gasteiger partial charge in [-0.05, 0) is 44.9 Å². The number of hydrogen-bond donors (Lipinski definition) is 1. The molecule has 1 rings (SSSR count). The summed E-state index contributed by atoms with van der Waals surface area (Å²) in [6.45, 7) is 9.37. The lowest BCUT2D eigenvalue weighted by Crippen LogP contribution is -2.32. The number of aliphatic hydroxyl groups is 1. The molecule has 0 heterocycles. The van der Waals surface area contributed by atoms with E-state index in [1.54, 1.807) is 6.92 Å². The molecule has 1 atom stereocenters. The van der Waals surface area contributed by atoms with Crippen LogP contribution in [0.4, 0.5) is 5.69 Å². The zero-order chi connectivity index (χ0) is 14.4. The minimum atomic E-state index is -0.473. The van der Waals surface area contributed by atoms with Gasteiger partial charge in [-0.25, -0.2) is 0 Å². The summed E-state index contributed by atoms with van der Waals surface area (Å²) in [5.41, 5.74) is 1.93. The van der Waals surface area contributed by atoms with Crippen LogP contribution in [0.15, 0.2) is 18.2 Å². The standard InChI is InChI=1S/C16H26ClNO/c1-5-6-7-10-18(12(2)3)16-9-8-14(13(4)19)11-15(16)17/h8-9,11-13,19H,5-7,10H2,1-4H3/t13-/m0/s1. The highest BCUT2D eigenvalue weighted by Crippen LogP contribution is 2.30. The number of anilines is 1. The fourth-order valence-electron chi connectivity index (χ4n) is 2.20. The molecule has 2 nitrogen and oxygen atoms in total. The summed E-state index contributed by atoms with van der Waals surface area (Å²) in [7, 11) is 0. The maximum Gasteiger partial charge on any atom is 0.0762 e. The van der Waals surface area contributed by atoms with Gasteiger partial charge in [0.1, 0.15) is 0 Å². The van der Waals surface area contributed by atoms with E-state index >= 15 is 0 Å². The molecule has 0 saturated heterocycles. The van der Waals surface area contributed by atoms with Gasteiger partial charge >= 0.3 is 0 Å². The Morgan fingerprint density at radius 1 is 1.21 bits per heavy atom. The van der Waals surface area contributed by atoms with E-state index in [1.807, 2.05) is 18.2 Å². The first-order valence-corrected chi connectivity index (χ1v) is 7.59. The van der Waals surface area contributed by atoms with E-state index in [2.05, 4.69) is 25.7 Å². The van der Waals surface area contributed by atoms with Gasteiger partial charge in [0.25, 0.3) is 0 Å². The zero-order valence-electron chi connectivity index (χ0n) is 12.5. The van der Waals surface area contributed by atoms with Crippen molar-refractivity contribution in [3.63, 3.8) is 0 Å². The van der Waals surface area contributed by atoms with Gasteiger partial charge in [0.05, 0.1) is 16.8 Å². The van der Waals surface area contributed by atoms with E-state index in [1.165, 1.54) is 19.3 Å². The van der Waals surface area contributed by atoms with Crippen molar-refractivity contribution in [2.75, 3.05) is 11.4 Å². The molecule has 0 radical (unpaired) electrons. The van der Waals surface area contributed by atoms with Crippen molar-refractivity contribution >= 4 is 17.3 Å². The Hall–Kier alpha value is -0.730. The van der Waals surface area contributed by atoms with Gasteiger partial charge in [0, 0.05) is 12.6 Å². The van der Waals surface area contributed by atoms with Crippen LogP contribution in [0.5, 0.6) is 0 Å². The van der Waals surface area contributed by atoms with Crippen molar-refractivity contribution in [2.45, 2.75) is 59.1 Å². The topological polar surface area (TPSA) is 23.5 Å². The van der Waals surface area contributed by atoms with Gasteiger partial charge in [0.15, 0.2) is 0 Å². The van der Waals surface area contributed by atoms with Crippen molar-refractivity contribution in [2.24, 2.45) is 0 Å². The second-order valence-corrected chi connectivity index (χ2v) is 5.79. The third kappa shape index (κ3) is 4.70. The SMILES string of the molecule is CCCCCN(c1ccc([C@H](C)O)cc1Cl)C(C)C. The van der Waals surface area contributed by atoms with Crippen LogP contribution >= 0.6 is 11.6 Å². The molecular weight excluding hydrogens is 258 g/mol. The smallest absolute Gasteiger partial charge is 0.0762 e. The summed E-state index contributed by atoms with van der Waals surface area (Å²) in [4.78, 5) is 2.34. The molecule has 19 heavy (non-hydrogen) atoms. The molecular formula is C16H26ClNO. The summed E-state index contributed by atoms with van der Waals surface area (Å²) in [6.07, 6.45) is 3.18. The molecule has 0 unspecified atom stereocenters. The van der Waals surface area contributed by atoms with Gasteiger partial charge in [-0.2, -0.15) is 0 Å². The molecule has 1 aromatic carbocycles. The second-order valence-electron chi connectivity index (χ2n) is 5.38. The van der Waals surface area contributed by atoms with Crippen molar-refractivity contribution in [3.05, 3.63) is 28.8 Å². The van der Waals surface area contributed by atoms with Crippen LogP contribution in [0.2, 0.25) is 5.02 Å². The summed E-state index contributed by atoms with van der Waals surface area (Å²) in [5, 5.41) is 10.3. The summed E-state index contributed by atoms with van der Waals surface area (Å²) in [5.74, 6) is 0. The highest BCUT2D eigenvalue weighted by atomic mass is 35.5. The molecule has 0 aromatic heterocycles. The maximum atomic E-state index is 9.59. The average molecular weight is 284 g/mol. The van der Waals surface area contributed by atoms with E-state index in [0.29, 0.717) is 6.04 Å². The number of aliphatic hydroxyl groups excluding tert-OH is 1. The average Bonchev–Trinajstić information content (AvgIpc) is 2.35. The van der Waals surface area contributed by atoms with E-state index in [9.17, 15) is 5.11 Å². The van der Waals surface area contributed by atoms with Crippen LogP contribution in [0.3, 0.4) is 0 Å². The van der Waals surface area contributed by atoms with Crippen molar-refractivity contribution in [1.82, 2.24) is 0 Å². The van der Waals surface area contributed by atoms with E-state index in [-0.39, 0.29) is 0 Å². The quantitative estimate of drug-likeness (QED) is 0.727. The van der Waals surface area contributed by atoms with E-state index in [4.69, 9.17) is 11.6 Å². The fraction of sp³-hybridized carbons (Fsp3) is 0.625. The van der Waals surface area contributed by atoms with Crippen LogP contribution in [0.25, 0.3) is 0 Å². The molecule has 1 aromatic rings. The van der Waals surface area contributed by atoms with Gasteiger partial charge in [-0.1, -0.05) is 37.4 Å². The molecule has 108 valence electrons. The van der Waals surface area contributed by atoms with Crippen LogP contribution in [0, 0.1) is 0 Å². The van der Waals surface area contributed by atoms with Crippen LogP contribution in [0.1, 0.15) is 58.6 Å². The molecule has 0 aliphatic heterocycles. The van der Waals surface area contributed by atoms with E-state index < -0.39 is 6.10 Å². The van der Waals surface area contributed by atoms with Crippen LogP contribution in [-0.2, 0) is 0 Å². The van der Waals surface area contributed by atoms with Crippen molar-refractivity contribution < 1.29 is 5.11 Å². The minimum absolute atomic E-state index is 0.423. The highest BCUT2D eigenvalue weighted by Gasteiger charge is 2.14. The van der Waals surface area contributed by atoms with Gasteiger partial charge in [-0.15, -0.1) is 0 Å². The first-order valence-electron chi connectivity index (χ1n) is 7.21. The number of nitrogens with zero attached hydrogens (tertiary/aromatic N) is 1. The Bertz CT molecular complexity index is 390. The Kier molecular flexibility index (Phi) is 6.67. The normalized spacial score (nSPS) is 12.8. The maximum absolute atomic E-state index is 9.59. The molecule has 0 fully saturated rings. The van der Waals surface area contributed by atoms with E-state index in [0.717, 1.165) is 22.8 Å². The number of unbranched alkanes of at least 4 members (excludes halogenated alkanes) is 2. The Morgan fingerprint density at radius 2 is 1.89 bits per heavy atom. The molecule has 3 heteroatoms. The third-order valence-corrected chi connectivity index (χ3v) is 3.69. The van der Waals surface area contributed by atoms with Gasteiger partial charge in [-0.3, -0.25) is 0 Å². The third-order valence-electron chi connectivity index (χ3n) is 3.39. The summed E-state index contributed by atoms with van der Waals surface area (Å²) < 4.78 is 0. The Balaban J connectivity index is 2.90. The molecule has 0 amide bonds. The predicted molar refractivity (Wildman–Crippen MR) is 84.1 cm³/mol. The molecule has 0 aliphatic carbocycles. The first kappa shape index (κ1) is 16.3. The van der Waals surface area contributed by atoms with Gasteiger partial charge in [0.2, 0.25) is 0 Å². The Labute approximate surface area is 122 Å². The number of halogens is 1. The second kappa shape index (κ2) is 7.76. The number of hydrogen-bond acceptors (Lipinski definition) is 2. The zero-order valence-corrected chi connectivity index (χ0v) is 13.2. The Morgan fingerprint density at radius 3 is 2.37 bits per heavy atom. The fourth-order valence-corrected chi connectivity index (χ4v) is 2.50.